The fraction of sp³-hybridized carbons (Fsp3) is 0.375. The number of benzene rings is 2. The molecule has 0 atom stereocenters. The minimum Gasteiger partial charge on any atom is -0.320 e. The van der Waals surface area contributed by atoms with Crippen LogP contribution in [0.3, 0.4) is 0 Å². The molecule has 2 aromatic rings. The Morgan fingerprint density at radius 1 is 0.889 bits per heavy atom. The molecule has 96 valence electrons. The van der Waals surface area contributed by atoms with Crippen LogP contribution in [0.5, 0.6) is 0 Å². The van der Waals surface area contributed by atoms with Gasteiger partial charge in [0.05, 0.1) is 0 Å². The van der Waals surface area contributed by atoms with Gasteiger partial charge in [-0.2, -0.15) is 0 Å². The van der Waals surface area contributed by atoms with Crippen LogP contribution in [0, 0.1) is 0 Å². The first-order chi connectivity index (χ1) is 8.92. The lowest BCUT2D eigenvalue weighted by Gasteiger charge is -2.07. The van der Waals surface area contributed by atoms with E-state index in [2.05, 4.69) is 53.1 Å². The molecule has 0 bridgehead atoms. The van der Waals surface area contributed by atoms with E-state index in [1.54, 1.807) is 0 Å². The Morgan fingerprint density at radius 3 is 2.61 bits per heavy atom. The quantitative estimate of drug-likeness (QED) is 0.729. The Balaban J connectivity index is 1.88. The van der Waals surface area contributed by atoms with Crippen molar-refractivity contribution in [3.63, 3.8) is 0 Å². The number of hydrogen-bond donors (Lipinski definition) is 2. The summed E-state index contributed by atoms with van der Waals surface area (Å²) in [5.74, 6) is 0. The van der Waals surface area contributed by atoms with Crippen molar-refractivity contribution in [2.75, 3.05) is 26.7 Å². The van der Waals surface area contributed by atoms with E-state index in [1.807, 2.05) is 7.05 Å². The highest BCUT2D eigenvalue weighted by Gasteiger charge is 1.99. The third-order valence-corrected chi connectivity index (χ3v) is 3.23. The van der Waals surface area contributed by atoms with E-state index in [-0.39, 0.29) is 0 Å². The van der Waals surface area contributed by atoms with Crippen LogP contribution in [-0.2, 0) is 6.42 Å². The van der Waals surface area contributed by atoms with Gasteiger partial charge < -0.3 is 10.6 Å². The summed E-state index contributed by atoms with van der Waals surface area (Å²) in [5.41, 5.74) is 1.44. The van der Waals surface area contributed by atoms with Crippen molar-refractivity contribution in [2.45, 2.75) is 12.8 Å². The SMILES string of the molecule is CNCCCNCCc1cccc2ccccc12. The average molecular weight is 242 g/mol. The fourth-order valence-electron chi connectivity index (χ4n) is 2.25. The van der Waals surface area contributed by atoms with E-state index in [0.29, 0.717) is 0 Å². The van der Waals surface area contributed by atoms with Gasteiger partial charge in [0.2, 0.25) is 0 Å². The molecule has 0 aromatic heterocycles. The number of nitrogens with one attached hydrogen (secondary N) is 2. The molecule has 0 unspecified atom stereocenters. The van der Waals surface area contributed by atoms with Gasteiger partial charge >= 0.3 is 0 Å². The van der Waals surface area contributed by atoms with E-state index in [0.717, 1.165) is 26.1 Å². The molecule has 2 aromatic carbocycles. The van der Waals surface area contributed by atoms with Gasteiger partial charge in [0.1, 0.15) is 0 Å². The third-order valence-electron chi connectivity index (χ3n) is 3.23. The van der Waals surface area contributed by atoms with Crippen molar-refractivity contribution in [2.24, 2.45) is 0 Å². The van der Waals surface area contributed by atoms with Gasteiger partial charge in [-0.25, -0.2) is 0 Å². The summed E-state index contributed by atoms with van der Waals surface area (Å²) in [6, 6.07) is 15.2. The second-order valence-corrected chi connectivity index (χ2v) is 4.60. The Bertz CT molecular complexity index is 474. The van der Waals surface area contributed by atoms with Crippen LogP contribution < -0.4 is 10.6 Å². The average Bonchev–Trinajstić information content (AvgIpc) is 2.43. The Hall–Kier alpha value is -1.38. The summed E-state index contributed by atoms with van der Waals surface area (Å²) in [6.45, 7) is 3.23. The van der Waals surface area contributed by atoms with Gasteiger partial charge in [-0.15, -0.1) is 0 Å². The van der Waals surface area contributed by atoms with Crippen LogP contribution in [0.15, 0.2) is 42.5 Å². The maximum atomic E-state index is 3.49. The molecular weight excluding hydrogens is 220 g/mol. The standard InChI is InChI=1S/C16H22N2/c1-17-11-5-12-18-13-10-15-8-4-7-14-6-2-3-9-16(14)15/h2-4,6-9,17-18H,5,10-13H2,1H3. The van der Waals surface area contributed by atoms with Crippen LogP contribution in [-0.4, -0.2) is 26.7 Å². The highest BCUT2D eigenvalue weighted by molar-refractivity contribution is 5.85. The highest BCUT2D eigenvalue weighted by Crippen LogP contribution is 2.18. The zero-order valence-corrected chi connectivity index (χ0v) is 11.1. The maximum absolute atomic E-state index is 3.49. The molecule has 2 N–H and O–H groups in total. The first-order valence-corrected chi connectivity index (χ1v) is 6.74. The minimum absolute atomic E-state index is 1.05. The third kappa shape index (κ3) is 3.56. The molecule has 18 heavy (non-hydrogen) atoms. The smallest absolute Gasteiger partial charge is 0.000812 e. The molecule has 0 radical (unpaired) electrons. The molecule has 0 saturated carbocycles. The van der Waals surface area contributed by atoms with Crippen LogP contribution in [0.25, 0.3) is 10.8 Å². The summed E-state index contributed by atoms with van der Waals surface area (Å²) in [6.07, 6.45) is 2.28. The predicted molar refractivity (Wildman–Crippen MR) is 79.1 cm³/mol. The normalized spacial score (nSPS) is 10.9. The van der Waals surface area contributed by atoms with Crippen LogP contribution in [0.2, 0.25) is 0 Å². The Morgan fingerprint density at radius 2 is 1.72 bits per heavy atom. The van der Waals surface area contributed by atoms with Gasteiger partial charge in [-0.1, -0.05) is 42.5 Å². The van der Waals surface area contributed by atoms with Crippen molar-refractivity contribution >= 4 is 10.8 Å². The van der Waals surface area contributed by atoms with E-state index in [4.69, 9.17) is 0 Å². The monoisotopic (exact) mass is 242 g/mol. The molecule has 2 nitrogen and oxygen atoms in total. The molecule has 0 spiro atoms. The largest absolute Gasteiger partial charge is 0.320 e. The molecule has 0 fully saturated rings. The van der Waals surface area contributed by atoms with Crippen LogP contribution in [0.1, 0.15) is 12.0 Å². The Kier molecular flexibility index (Phi) is 5.18. The number of rotatable bonds is 7. The zero-order chi connectivity index (χ0) is 12.6. The fourth-order valence-corrected chi connectivity index (χ4v) is 2.25. The molecule has 0 aliphatic heterocycles. The Labute approximate surface area is 109 Å². The van der Waals surface area contributed by atoms with E-state index in [9.17, 15) is 0 Å². The molecule has 2 rings (SSSR count). The zero-order valence-electron chi connectivity index (χ0n) is 11.1. The summed E-state index contributed by atoms with van der Waals surface area (Å²) < 4.78 is 0. The summed E-state index contributed by atoms with van der Waals surface area (Å²) in [7, 11) is 2.00. The molecule has 2 heteroatoms. The predicted octanol–water partition coefficient (Wildman–Crippen LogP) is 2.58. The lowest BCUT2D eigenvalue weighted by Crippen LogP contribution is -2.22. The summed E-state index contributed by atoms with van der Waals surface area (Å²) in [5, 5.41) is 9.38. The van der Waals surface area contributed by atoms with Crippen LogP contribution in [0.4, 0.5) is 0 Å². The van der Waals surface area contributed by atoms with Gasteiger partial charge in [0, 0.05) is 0 Å². The van der Waals surface area contributed by atoms with E-state index in [1.165, 1.54) is 22.8 Å². The summed E-state index contributed by atoms with van der Waals surface area (Å²) >= 11 is 0. The van der Waals surface area contributed by atoms with Crippen molar-refractivity contribution in [3.05, 3.63) is 48.0 Å². The number of hydrogen-bond acceptors (Lipinski definition) is 2. The second kappa shape index (κ2) is 7.14. The van der Waals surface area contributed by atoms with Crippen molar-refractivity contribution < 1.29 is 0 Å². The first kappa shape index (κ1) is 13.1. The maximum Gasteiger partial charge on any atom is -0.000812 e. The molecule has 0 aliphatic carbocycles. The van der Waals surface area contributed by atoms with E-state index < -0.39 is 0 Å². The van der Waals surface area contributed by atoms with Crippen molar-refractivity contribution in [1.29, 1.82) is 0 Å². The molecular formula is C16H22N2. The first-order valence-electron chi connectivity index (χ1n) is 6.74. The molecule has 0 heterocycles. The van der Waals surface area contributed by atoms with Crippen molar-refractivity contribution in [1.82, 2.24) is 10.6 Å². The lowest BCUT2D eigenvalue weighted by atomic mass is 10.0. The topological polar surface area (TPSA) is 24.1 Å². The van der Waals surface area contributed by atoms with Gasteiger partial charge in [0.15, 0.2) is 0 Å². The summed E-state index contributed by atoms with van der Waals surface area (Å²) in [4.78, 5) is 0. The lowest BCUT2D eigenvalue weighted by molar-refractivity contribution is 0.625. The highest BCUT2D eigenvalue weighted by atomic mass is 14.9. The molecule has 0 amide bonds. The van der Waals surface area contributed by atoms with Gasteiger partial charge in [-0.3, -0.25) is 0 Å². The van der Waals surface area contributed by atoms with Gasteiger partial charge in [-0.05, 0) is 55.9 Å². The van der Waals surface area contributed by atoms with E-state index >= 15 is 0 Å². The number of fused-ring (bicyclic) bond motifs is 1. The molecule has 0 saturated heterocycles. The van der Waals surface area contributed by atoms with Gasteiger partial charge in [0.25, 0.3) is 0 Å². The second-order valence-electron chi connectivity index (χ2n) is 4.60. The van der Waals surface area contributed by atoms with Crippen molar-refractivity contribution in [3.8, 4) is 0 Å². The van der Waals surface area contributed by atoms with Crippen LogP contribution >= 0.6 is 0 Å². The molecule has 0 aliphatic rings. The minimum atomic E-state index is 1.05.